The lowest BCUT2D eigenvalue weighted by Crippen LogP contribution is -2.49. The maximum Gasteiger partial charge on any atom is 0.255 e. The van der Waals surface area contributed by atoms with Gasteiger partial charge in [-0.15, -0.1) is 0 Å². The van der Waals surface area contributed by atoms with E-state index in [0.717, 1.165) is 22.4 Å². The molecule has 3 aromatic carbocycles. The molecule has 0 radical (unpaired) electrons. The van der Waals surface area contributed by atoms with Crippen LogP contribution in [0.3, 0.4) is 0 Å². The lowest BCUT2D eigenvalue weighted by atomic mass is 9.90. The minimum Gasteiger partial charge on any atom is -0.455 e. The van der Waals surface area contributed by atoms with Crippen LogP contribution >= 0.6 is 11.9 Å². The molecule has 0 bridgehead atoms. The van der Waals surface area contributed by atoms with Crippen molar-refractivity contribution in [3.8, 4) is 33.9 Å². The zero-order valence-electron chi connectivity index (χ0n) is 27.3. The fraction of sp³-hybridized carbons (Fsp3) is 0.270. The number of carbonyl (C=O) groups is 1. The quantitative estimate of drug-likeness (QED) is 0.161. The minimum atomic E-state index is -0.643. The molecule has 11 heteroatoms. The van der Waals surface area contributed by atoms with E-state index in [1.54, 1.807) is 37.3 Å². The van der Waals surface area contributed by atoms with E-state index >= 15 is 0 Å². The SMILES string of the molecule is CNC(=O)c1c(-c2ccc(F)cc2)oc2cc(N(CC3(C)COC(C)(C)OC3)SC)c(-c3cccc(-c4nc5ncccc5o4)c3)cc12. The normalized spacial score (nSPS) is 15.5. The van der Waals surface area contributed by atoms with Crippen LogP contribution in [-0.4, -0.2) is 54.7 Å². The highest BCUT2D eigenvalue weighted by Gasteiger charge is 2.38. The van der Waals surface area contributed by atoms with Gasteiger partial charge in [0.15, 0.2) is 17.0 Å². The molecule has 0 spiro atoms. The Morgan fingerprint density at radius 3 is 2.40 bits per heavy atom. The number of nitrogens with one attached hydrogen (secondary N) is 1. The molecule has 1 saturated heterocycles. The Morgan fingerprint density at radius 2 is 1.69 bits per heavy atom. The molecule has 0 unspecified atom stereocenters. The Balaban J connectivity index is 1.41. The number of ether oxygens (including phenoxy) is 2. The number of anilines is 1. The second kappa shape index (κ2) is 12.4. The molecule has 3 aromatic heterocycles. The Bertz CT molecular complexity index is 2100. The topological polar surface area (TPSA) is 103 Å². The molecular formula is C37H35FN4O5S. The molecule has 9 nitrogen and oxygen atoms in total. The zero-order valence-corrected chi connectivity index (χ0v) is 28.1. The van der Waals surface area contributed by atoms with Crippen LogP contribution in [0.2, 0.25) is 0 Å². The molecule has 0 aliphatic carbocycles. The number of carbonyl (C=O) groups excluding carboxylic acids is 1. The third kappa shape index (κ3) is 6.05. The lowest BCUT2D eigenvalue weighted by molar-refractivity contribution is -0.280. The summed E-state index contributed by atoms with van der Waals surface area (Å²) < 4.78 is 40.8. The summed E-state index contributed by atoms with van der Waals surface area (Å²) in [6.45, 7) is 7.63. The number of fused-ring (bicyclic) bond motifs is 2. The van der Waals surface area contributed by atoms with Crippen molar-refractivity contribution in [3.63, 3.8) is 0 Å². The van der Waals surface area contributed by atoms with Crippen molar-refractivity contribution in [3.05, 3.63) is 90.4 Å². The largest absolute Gasteiger partial charge is 0.455 e. The second-order valence-corrected chi connectivity index (χ2v) is 13.5. The smallest absolute Gasteiger partial charge is 0.255 e. The number of pyridine rings is 1. The fourth-order valence-corrected chi connectivity index (χ4v) is 6.69. The molecule has 48 heavy (non-hydrogen) atoms. The van der Waals surface area contributed by atoms with Gasteiger partial charge >= 0.3 is 0 Å². The van der Waals surface area contributed by atoms with E-state index in [-0.39, 0.29) is 17.1 Å². The third-order valence-corrected chi connectivity index (χ3v) is 9.27. The van der Waals surface area contributed by atoms with Crippen molar-refractivity contribution in [2.75, 3.05) is 37.4 Å². The van der Waals surface area contributed by atoms with Crippen molar-refractivity contribution < 1.29 is 27.5 Å². The predicted molar refractivity (Wildman–Crippen MR) is 186 cm³/mol. The summed E-state index contributed by atoms with van der Waals surface area (Å²) >= 11 is 1.58. The van der Waals surface area contributed by atoms with Gasteiger partial charge in [0.2, 0.25) is 5.89 Å². The average molecular weight is 667 g/mol. The van der Waals surface area contributed by atoms with E-state index in [1.165, 1.54) is 12.1 Å². The van der Waals surface area contributed by atoms with Crippen molar-refractivity contribution in [2.45, 2.75) is 26.6 Å². The number of furan rings is 1. The van der Waals surface area contributed by atoms with Crippen LogP contribution in [0.15, 0.2) is 87.8 Å². The van der Waals surface area contributed by atoms with Gasteiger partial charge in [-0.2, -0.15) is 4.98 Å². The molecule has 246 valence electrons. The van der Waals surface area contributed by atoms with E-state index in [9.17, 15) is 9.18 Å². The maximum absolute atomic E-state index is 13.9. The van der Waals surface area contributed by atoms with Crippen LogP contribution in [0, 0.1) is 11.2 Å². The first-order valence-electron chi connectivity index (χ1n) is 15.6. The van der Waals surface area contributed by atoms with Gasteiger partial charge in [0, 0.05) is 59.6 Å². The van der Waals surface area contributed by atoms with Gasteiger partial charge in [0.05, 0.1) is 24.5 Å². The van der Waals surface area contributed by atoms with Gasteiger partial charge in [-0.25, -0.2) is 9.37 Å². The van der Waals surface area contributed by atoms with Crippen LogP contribution in [0.1, 0.15) is 31.1 Å². The Hall–Kier alpha value is -4.71. The molecule has 0 atom stereocenters. The highest BCUT2D eigenvalue weighted by atomic mass is 32.2. The van der Waals surface area contributed by atoms with Crippen molar-refractivity contribution in [1.82, 2.24) is 15.3 Å². The second-order valence-electron chi connectivity index (χ2n) is 12.7. The summed E-state index contributed by atoms with van der Waals surface area (Å²) in [6, 6.07) is 21.5. The van der Waals surface area contributed by atoms with E-state index in [2.05, 4.69) is 26.5 Å². The molecule has 7 rings (SSSR count). The summed E-state index contributed by atoms with van der Waals surface area (Å²) in [6.07, 6.45) is 3.71. The number of hydrogen-bond donors (Lipinski definition) is 1. The minimum absolute atomic E-state index is 0.312. The van der Waals surface area contributed by atoms with Crippen molar-refractivity contribution >= 4 is 45.7 Å². The Kier molecular flexibility index (Phi) is 8.22. The standard InChI is InChI=1S/C37H35FN4O5S/c1-36(2)44-20-37(3,21-45-36)19-42(48-5)28-18-30-27(31(34(43)39-4)32(46-30)22-11-13-25(38)14-12-22)17-26(28)23-8-6-9-24(16-23)35-41-33-29(47-35)10-7-15-40-33/h6-18H,19-21H2,1-5H3,(H,39,43). The van der Waals surface area contributed by atoms with Crippen LogP contribution in [0.4, 0.5) is 10.1 Å². The summed E-state index contributed by atoms with van der Waals surface area (Å²) in [5, 5.41) is 3.38. The molecule has 4 heterocycles. The predicted octanol–water partition coefficient (Wildman–Crippen LogP) is 8.34. The first kappa shape index (κ1) is 31.9. The fourth-order valence-electron chi connectivity index (χ4n) is 5.90. The van der Waals surface area contributed by atoms with E-state index in [4.69, 9.17) is 18.3 Å². The van der Waals surface area contributed by atoms with Crippen LogP contribution in [0.25, 0.3) is 56.1 Å². The summed E-state index contributed by atoms with van der Waals surface area (Å²) in [5.74, 6) is -0.518. The first-order valence-corrected chi connectivity index (χ1v) is 16.7. The van der Waals surface area contributed by atoms with Crippen LogP contribution in [-0.2, 0) is 9.47 Å². The van der Waals surface area contributed by atoms with E-state index < -0.39 is 5.79 Å². The molecule has 1 aliphatic heterocycles. The van der Waals surface area contributed by atoms with Crippen LogP contribution < -0.4 is 9.62 Å². The number of benzene rings is 3. The lowest BCUT2D eigenvalue weighted by Gasteiger charge is -2.43. The third-order valence-electron chi connectivity index (χ3n) is 8.50. The molecule has 1 fully saturated rings. The average Bonchev–Trinajstić information content (AvgIpc) is 3.70. The van der Waals surface area contributed by atoms with Gasteiger partial charge in [-0.1, -0.05) is 31.0 Å². The number of amides is 1. The number of halogens is 1. The number of oxazole rings is 1. The molecule has 1 N–H and O–H groups in total. The molecule has 1 aliphatic rings. The number of nitrogens with zero attached hydrogens (tertiary/aromatic N) is 3. The van der Waals surface area contributed by atoms with Crippen molar-refractivity contribution in [1.29, 1.82) is 0 Å². The highest BCUT2D eigenvalue weighted by molar-refractivity contribution is 8.00. The zero-order chi connectivity index (χ0) is 33.6. The van der Waals surface area contributed by atoms with Gasteiger partial charge in [0.25, 0.3) is 5.91 Å². The monoisotopic (exact) mass is 666 g/mol. The summed E-state index contributed by atoms with van der Waals surface area (Å²) in [7, 11) is 1.58. The van der Waals surface area contributed by atoms with Gasteiger partial charge in [0.1, 0.15) is 17.2 Å². The summed E-state index contributed by atoms with van der Waals surface area (Å²) in [4.78, 5) is 22.4. The first-order chi connectivity index (χ1) is 23.1. The van der Waals surface area contributed by atoms with Gasteiger partial charge in [-0.05, 0) is 74.0 Å². The molecular weight excluding hydrogens is 631 g/mol. The number of rotatable bonds is 8. The van der Waals surface area contributed by atoms with Crippen LogP contribution in [0.5, 0.6) is 0 Å². The van der Waals surface area contributed by atoms with E-state index in [0.29, 0.717) is 64.7 Å². The molecule has 6 aromatic rings. The van der Waals surface area contributed by atoms with Gasteiger partial charge in [-0.3, -0.25) is 4.79 Å². The Labute approximate surface area is 281 Å². The molecule has 1 amide bonds. The Morgan fingerprint density at radius 1 is 0.938 bits per heavy atom. The van der Waals surface area contributed by atoms with Gasteiger partial charge < -0.3 is 27.9 Å². The number of aromatic nitrogens is 2. The van der Waals surface area contributed by atoms with Crippen molar-refractivity contribution in [2.24, 2.45) is 5.41 Å². The number of hydrogen-bond acceptors (Lipinski definition) is 9. The summed E-state index contributed by atoms with van der Waals surface area (Å²) in [5.41, 5.74) is 5.71. The highest BCUT2D eigenvalue weighted by Crippen LogP contribution is 2.44. The molecule has 0 saturated carbocycles. The maximum atomic E-state index is 13.9. The van der Waals surface area contributed by atoms with E-state index in [1.807, 2.05) is 68.6 Å².